The van der Waals surface area contributed by atoms with E-state index in [-0.39, 0.29) is 17.4 Å². The van der Waals surface area contributed by atoms with Gasteiger partial charge in [0, 0.05) is 5.41 Å². The number of aryl methyl sites for hydroxylation is 1. The molecule has 90 valence electrons. The lowest BCUT2D eigenvalue weighted by Gasteiger charge is -2.18. The number of benzene rings is 1. The largest absolute Gasteiger partial charge is 0.395 e. The van der Waals surface area contributed by atoms with Gasteiger partial charge in [0.05, 0.1) is 17.6 Å². The molecule has 0 spiro atoms. The molecule has 0 amide bonds. The average Bonchev–Trinajstić information content (AvgIpc) is 2.65. The van der Waals surface area contributed by atoms with Gasteiger partial charge in [0.1, 0.15) is 5.82 Å². The maximum atomic E-state index is 9.70. The maximum absolute atomic E-state index is 9.70. The summed E-state index contributed by atoms with van der Waals surface area (Å²) in [6.07, 6.45) is 1.05. The van der Waals surface area contributed by atoms with Crippen LogP contribution in [0, 0.1) is 12.3 Å². The lowest BCUT2D eigenvalue weighted by atomic mass is 9.88. The molecule has 3 nitrogen and oxygen atoms in total. The number of rotatable bonds is 2. The molecule has 1 aromatic heterocycles. The van der Waals surface area contributed by atoms with Gasteiger partial charge in [0.25, 0.3) is 0 Å². The highest BCUT2D eigenvalue weighted by Crippen LogP contribution is 2.64. The van der Waals surface area contributed by atoms with Crippen molar-refractivity contribution in [2.75, 3.05) is 6.61 Å². The maximum Gasteiger partial charge on any atom is 0.104 e. The molecule has 0 radical (unpaired) electrons. The molecule has 1 unspecified atom stereocenters. The van der Waals surface area contributed by atoms with Crippen molar-refractivity contribution in [3.05, 3.63) is 29.6 Å². The van der Waals surface area contributed by atoms with Gasteiger partial charge in [-0.2, -0.15) is 0 Å². The smallest absolute Gasteiger partial charge is 0.104 e. The summed E-state index contributed by atoms with van der Waals surface area (Å²) in [5.74, 6) is 0.935. The van der Waals surface area contributed by atoms with E-state index in [1.165, 1.54) is 5.56 Å². The molecule has 3 rings (SSSR count). The van der Waals surface area contributed by atoms with E-state index in [1.807, 2.05) is 13.0 Å². The zero-order chi connectivity index (χ0) is 12.3. The first-order valence-corrected chi connectivity index (χ1v) is 6.06. The standard InChI is InChI=1S/C14H18N2O/c1-9-15-11-5-4-10(6-12(11)16-9)14(8-17)7-13(14,2)3/h4-6,17H,7-8H2,1-3H3,(H,15,16). The predicted molar refractivity (Wildman–Crippen MR) is 68.0 cm³/mol. The number of aromatic amines is 1. The number of fused-ring (bicyclic) bond motifs is 1. The lowest BCUT2D eigenvalue weighted by Crippen LogP contribution is -2.19. The van der Waals surface area contributed by atoms with E-state index in [1.54, 1.807) is 0 Å². The fourth-order valence-electron chi connectivity index (χ4n) is 3.00. The minimum absolute atomic E-state index is 0.0554. The van der Waals surface area contributed by atoms with E-state index in [9.17, 15) is 5.11 Å². The van der Waals surface area contributed by atoms with E-state index < -0.39 is 0 Å². The molecule has 1 atom stereocenters. The summed E-state index contributed by atoms with van der Waals surface area (Å²) in [6, 6.07) is 6.29. The lowest BCUT2D eigenvalue weighted by molar-refractivity contribution is 0.231. The van der Waals surface area contributed by atoms with Crippen LogP contribution >= 0.6 is 0 Å². The third-order valence-electron chi connectivity index (χ3n) is 4.34. The SMILES string of the molecule is Cc1nc2ccc(C3(CO)CC3(C)C)cc2[nH]1. The third-order valence-corrected chi connectivity index (χ3v) is 4.34. The normalized spacial score (nSPS) is 26.4. The minimum Gasteiger partial charge on any atom is -0.395 e. The van der Waals surface area contributed by atoms with E-state index >= 15 is 0 Å². The Balaban J connectivity index is 2.12. The number of aromatic nitrogens is 2. The van der Waals surface area contributed by atoms with Crippen molar-refractivity contribution in [3.8, 4) is 0 Å². The summed E-state index contributed by atoms with van der Waals surface area (Å²) in [6.45, 7) is 6.61. The summed E-state index contributed by atoms with van der Waals surface area (Å²) in [4.78, 5) is 7.66. The van der Waals surface area contributed by atoms with Gasteiger partial charge in [-0.3, -0.25) is 0 Å². The quantitative estimate of drug-likeness (QED) is 0.833. The van der Waals surface area contributed by atoms with Crippen molar-refractivity contribution in [2.45, 2.75) is 32.6 Å². The Morgan fingerprint density at radius 2 is 2.12 bits per heavy atom. The van der Waals surface area contributed by atoms with E-state index in [0.717, 1.165) is 23.3 Å². The summed E-state index contributed by atoms with van der Waals surface area (Å²) in [5, 5.41) is 9.70. The number of aliphatic hydroxyl groups is 1. The first kappa shape index (κ1) is 10.8. The molecule has 0 aliphatic heterocycles. The first-order valence-electron chi connectivity index (χ1n) is 6.06. The number of imidazole rings is 1. The number of H-pyrrole nitrogens is 1. The Morgan fingerprint density at radius 3 is 2.71 bits per heavy atom. The van der Waals surface area contributed by atoms with Crippen LogP contribution in [0.5, 0.6) is 0 Å². The second-order valence-electron chi connectivity index (χ2n) is 5.86. The van der Waals surface area contributed by atoms with Crippen molar-refractivity contribution < 1.29 is 5.11 Å². The number of nitrogens with one attached hydrogen (secondary N) is 1. The molecule has 3 heteroatoms. The fraction of sp³-hybridized carbons (Fsp3) is 0.500. The predicted octanol–water partition coefficient (Wildman–Crippen LogP) is 2.53. The van der Waals surface area contributed by atoms with Crippen molar-refractivity contribution in [1.82, 2.24) is 9.97 Å². The van der Waals surface area contributed by atoms with Crippen LogP contribution in [0.15, 0.2) is 18.2 Å². The molecule has 2 N–H and O–H groups in total. The molecule has 1 aromatic carbocycles. The number of nitrogens with zero attached hydrogens (tertiary/aromatic N) is 1. The highest BCUT2D eigenvalue weighted by Gasteiger charge is 2.61. The van der Waals surface area contributed by atoms with Crippen LogP contribution < -0.4 is 0 Å². The molecule has 1 saturated carbocycles. The van der Waals surface area contributed by atoms with Gasteiger partial charge in [-0.25, -0.2) is 4.98 Å². The van der Waals surface area contributed by atoms with Crippen molar-refractivity contribution in [2.24, 2.45) is 5.41 Å². The van der Waals surface area contributed by atoms with Crippen molar-refractivity contribution >= 4 is 11.0 Å². The van der Waals surface area contributed by atoms with Gasteiger partial charge in [-0.1, -0.05) is 19.9 Å². The van der Waals surface area contributed by atoms with Crippen molar-refractivity contribution in [3.63, 3.8) is 0 Å². The minimum atomic E-state index is -0.0554. The van der Waals surface area contributed by atoms with E-state index in [4.69, 9.17) is 0 Å². The van der Waals surface area contributed by atoms with Gasteiger partial charge < -0.3 is 10.1 Å². The molecular weight excluding hydrogens is 212 g/mol. The number of hydrogen-bond donors (Lipinski definition) is 2. The van der Waals surface area contributed by atoms with Crippen LogP contribution in [0.3, 0.4) is 0 Å². The first-order chi connectivity index (χ1) is 7.98. The molecule has 0 bridgehead atoms. The highest BCUT2D eigenvalue weighted by molar-refractivity contribution is 5.76. The molecule has 0 saturated heterocycles. The summed E-state index contributed by atoms with van der Waals surface area (Å²) in [5.41, 5.74) is 3.43. The van der Waals surface area contributed by atoms with Gasteiger partial charge >= 0.3 is 0 Å². The molecular formula is C14H18N2O. The van der Waals surface area contributed by atoms with Crippen LogP contribution in [0.2, 0.25) is 0 Å². The summed E-state index contributed by atoms with van der Waals surface area (Å²) < 4.78 is 0. The second kappa shape index (κ2) is 3.10. The Morgan fingerprint density at radius 1 is 1.41 bits per heavy atom. The Labute approximate surface area is 101 Å². The summed E-state index contributed by atoms with van der Waals surface area (Å²) in [7, 11) is 0. The molecule has 1 fully saturated rings. The Kier molecular flexibility index (Phi) is 1.97. The van der Waals surface area contributed by atoms with Gasteiger partial charge in [0.2, 0.25) is 0 Å². The van der Waals surface area contributed by atoms with Gasteiger partial charge in [0.15, 0.2) is 0 Å². The topological polar surface area (TPSA) is 48.9 Å². The number of aliphatic hydroxyl groups excluding tert-OH is 1. The van der Waals surface area contributed by atoms with Crippen LogP contribution in [0.4, 0.5) is 0 Å². The molecule has 17 heavy (non-hydrogen) atoms. The molecule has 2 aromatic rings. The Hall–Kier alpha value is -1.35. The summed E-state index contributed by atoms with van der Waals surface area (Å²) >= 11 is 0. The van der Waals surface area contributed by atoms with Crippen LogP contribution in [-0.4, -0.2) is 21.7 Å². The third kappa shape index (κ3) is 1.35. The van der Waals surface area contributed by atoms with Crippen LogP contribution in [-0.2, 0) is 5.41 Å². The molecule has 1 aliphatic carbocycles. The van der Waals surface area contributed by atoms with Crippen LogP contribution in [0.25, 0.3) is 11.0 Å². The van der Waals surface area contributed by atoms with E-state index in [2.05, 4.69) is 35.9 Å². The van der Waals surface area contributed by atoms with Crippen LogP contribution in [0.1, 0.15) is 31.7 Å². The average molecular weight is 230 g/mol. The second-order valence-corrected chi connectivity index (χ2v) is 5.86. The number of hydrogen-bond acceptors (Lipinski definition) is 2. The van der Waals surface area contributed by atoms with Gasteiger partial charge in [-0.05, 0) is 36.5 Å². The molecule has 1 heterocycles. The molecule has 1 aliphatic rings. The zero-order valence-corrected chi connectivity index (χ0v) is 10.5. The monoisotopic (exact) mass is 230 g/mol. The van der Waals surface area contributed by atoms with Crippen molar-refractivity contribution in [1.29, 1.82) is 0 Å². The van der Waals surface area contributed by atoms with E-state index in [0.29, 0.717) is 0 Å². The Bertz CT molecular complexity index is 585. The van der Waals surface area contributed by atoms with Gasteiger partial charge in [-0.15, -0.1) is 0 Å². The highest BCUT2D eigenvalue weighted by atomic mass is 16.3. The zero-order valence-electron chi connectivity index (χ0n) is 10.5. The fourth-order valence-corrected chi connectivity index (χ4v) is 3.00.